The van der Waals surface area contributed by atoms with Crippen molar-refractivity contribution in [3.63, 3.8) is 0 Å². The Morgan fingerprint density at radius 3 is 2.27 bits per heavy atom. The molecule has 0 aliphatic heterocycles. The minimum absolute atomic E-state index is 0.123. The fourth-order valence-electron chi connectivity index (χ4n) is 3.16. The summed E-state index contributed by atoms with van der Waals surface area (Å²) in [5, 5.41) is 9.61. The van der Waals surface area contributed by atoms with E-state index >= 15 is 0 Å². The molecule has 0 bridgehead atoms. The second-order valence-corrected chi connectivity index (χ2v) is 7.69. The van der Waals surface area contributed by atoms with Gasteiger partial charge in [-0.05, 0) is 75.1 Å². The van der Waals surface area contributed by atoms with Gasteiger partial charge in [0.25, 0.3) is 0 Å². The number of hydrogen-bond acceptors (Lipinski definition) is 3. The van der Waals surface area contributed by atoms with E-state index in [4.69, 9.17) is 4.74 Å². The van der Waals surface area contributed by atoms with Gasteiger partial charge in [0.05, 0.1) is 7.11 Å². The Morgan fingerprint density at radius 2 is 1.60 bits per heavy atom. The first kappa shape index (κ1) is 25.7. The molecule has 166 valence electrons. The number of benzene rings is 1. The number of methoxy groups -OCH3 is 1. The zero-order valence-electron chi connectivity index (χ0n) is 18.9. The third-order valence-electron chi connectivity index (χ3n) is 5.03. The van der Waals surface area contributed by atoms with Gasteiger partial charge < -0.3 is 9.84 Å². The molecule has 1 N–H and O–H groups in total. The topological polar surface area (TPSA) is 46.5 Å². The molecule has 0 heterocycles. The summed E-state index contributed by atoms with van der Waals surface area (Å²) >= 11 is 0. The third kappa shape index (κ3) is 13.0. The molecular weight excluding hydrogens is 372 g/mol. The molecule has 30 heavy (non-hydrogen) atoms. The number of ketones is 1. The van der Waals surface area contributed by atoms with Gasteiger partial charge >= 0.3 is 0 Å². The largest absolute Gasteiger partial charge is 0.504 e. The third-order valence-corrected chi connectivity index (χ3v) is 5.03. The average molecular weight is 413 g/mol. The fourth-order valence-corrected chi connectivity index (χ4v) is 3.16. The number of allylic oxidation sites excluding steroid dienone is 6. The van der Waals surface area contributed by atoms with Gasteiger partial charge in [-0.3, -0.25) is 4.79 Å². The fraction of sp³-hybridized carbons (Fsp3) is 0.519. The van der Waals surface area contributed by atoms with Gasteiger partial charge in [-0.25, -0.2) is 0 Å². The summed E-state index contributed by atoms with van der Waals surface area (Å²) in [5.41, 5.74) is 0.992. The lowest BCUT2D eigenvalue weighted by atomic mass is 10.1. The molecule has 3 heteroatoms. The van der Waals surface area contributed by atoms with Crippen molar-refractivity contribution in [2.45, 2.75) is 84.0 Å². The molecule has 1 aromatic rings. The number of aromatic hydroxyl groups is 1. The highest BCUT2D eigenvalue weighted by molar-refractivity contribution is 5.89. The Labute approximate surface area is 183 Å². The number of unbranched alkanes of at least 4 members (excludes halogenated alkanes) is 7. The molecule has 0 fully saturated rings. The van der Waals surface area contributed by atoms with Gasteiger partial charge in [0.15, 0.2) is 17.3 Å². The predicted octanol–water partition coefficient (Wildman–Crippen LogP) is 7.49. The van der Waals surface area contributed by atoms with Crippen LogP contribution in [0.2, 0.25) is 0 Å². The first-order valence-electron chi connectivity index (χ1n) is 11.5. The van der Waals surface area contributed by atoms with Crippen LogP contribution in [0.5, 0.6) is 11.5 Å². The molecular formula is C27H40O3. The SMILES string of the molecule is CCCCC/C=C\C/C=C\CCCCC/C=C/C(=O)CCc1ccc(O)c(OC)c1. The van der Waals surface area contributed by atoms with Crippen LogP contribution >= 0.6 is 0 Å². The number of carbonyl (C=O) groups excluding carboxylic acids is 1. The molecule has 0 aromatic heterocycles. The number of rotatable bonds is 17. The predicted molar refractivity (Wildman–Crippen MR) is 127 cm³/mol. The van der Waals surface area contributed by atoms with Crippen LogP contribution in [-0.2, 0) is 11.2 Å². The van der Waals surface area contributed by atoms with Crippen molar-refractivity contribution in [3.05, 3.63) is 60.2 Å². The number of phenols is 1. The Kier molecular flexibility index (Phi) is 15.1. The van der Waals surface area contributed by atoms with Gasteiger partial charge in [0, 0.05) is 6.42 Å². The van der Waals surface area contributed by atoms with Crippen molar-refractivity contribution in [2.24, 2.45) is 0 Å². The first-order valence-corrected chi connectivity index (χ1v) is 11.5. The lowest BCUT2D eigenvalue weighted by molar-refractivity contribution is -0.114. The Morgan fingerprint density at radius 1 is 0.933 bits per heavy atom. The second-order valence-electron chi connectivity index (χ2n) is 7.69. The zero-order valence-corrected chi connectivity index (χ0v) is 18.9. The van der Waals surface area contributed by atoms with Crippen molar-refractivity contribution in [1.29, 1.82) is 0 Å². The van der Waals surface area contributed by atoms with E-state index in [0.29, 0.717) is 18.6 Å². The van der Waals surface area contributed by atoms with E-state index in [2.05, 4.69) is 31.2 Å². The molecule has 0 spiro atoms. The number of aryl methyl sites for hydroxylation is 1. The van der Waals surface area contributed by atoms with Gasteiger partial charge in [-0.2, -0.15) is 0 Å². The normalized spacial score (nSPS) is 11.8. The van der Waals surface area contributed by atoms with E-state index in [1.54, 1.807) is 18.2 Å². The zero-order chi connectivity index (χ0) is 21.9. The minimum Gasteiger partial charge on any atom is -0.504 e. The van der Waals surface area contributed by atoms with Crippen molar-refractivity contribution >= 4 is 5.78 Å². The van der Waals surface area contributed by atoms with E-state index in [9.17, 15) is 9.90 Å². The molecule has 0 saturated carbocycles. The summed E-state index contributed by atoms with van der Waals surface area (Å²) in [6.07, 6.45) is 25.8. The van der Waals surface area contributed by atoms with Crippen molar-refractivity contribution in [1.82, 2.24) is 0 Å². The first-order chi connectivity index (χ1) is 14.7. The maximum Gasteiger partial charge on any atom is 0.160 e. The quantitative estimate of drug-likeness (QED) is 0.164. The van der Waals surface area contributed by atoms with Crippen LogP contribution in [0.1, 0.15) is 83.1 Å². The summed E-state index contributed by atoms with van der Waals surface area (Å²) in [5.74, 6) is 0.717. The smallest absolute Gasteiger partial charge is 0.160 e. The molecule has 0 saturated heterocycles. The molecule has 0 atom stereocenters. The van der Waals surface area contributed by atoms with Gasteiger partial charge in [-0.15, -0.1) is 0 Å². The van der Waals surface area contributed by atoms with E-state index in [-0.39, 0.29) is 11.5 Å². The van der Waals surface area contributed by atoms with E-state index < -0.39 is 0 Å². The maximum atomic E-state index is 12.0. The average Bonchev–Trinajstić information content (AvgIpc) is 2.75. The summed E-state index contributed by atoms with van der Waals surface area (Å²) in [7, 11) is 1.52. The van der Waals surface area contributed by atoms with E-state index in [1.807, 2.05) is 12.1 Å². The highest BCUT2D eigenvalue weighted by Gasteiger charge is 2.04. The number of phenolic OH excluding ortho intramolecular Hbond substituents is 1. The van der Waals surface area contributed by atoms with Gasteiger partial charge in [0.2, 0.25) is 0 Å². The Balaban J connectivity index is 2.03. The van der Waals surface area contributed by atoms with Crippen molar-refractivity contribution in [3.8, 4) is 11.5 Å². The van der Waals surface area contributed by atoms with E-state index in [0.717, 1.165) is 31.2 Å². The van der Waals surface area contributed by atoms with Crippen LogP contribution in [0, 0.1) is 0 Å². The maximum absolute atomic E-state index is 12.0. The van der Waals surface area contributed by atoms with Crippen LogP contribution in [0.15, 0.2) is 54.7 Å². The lowest BCUT2D eigenvalue weighted by Gasteiger charge is -2.05. The Bertz CT molecular complexity index is 671. The monoisotopic (exact) mass is 412 g/mol. The molecule has 1 rings (SSSR count). The summed E-state index contributed by atoms with van der Waals surface area (Å²) < 4.78 is 5.10. The molecule has 1 aromatic carbocycles. The second kappa shape index (κ2) is 17.6. The highest BCUT2D eigenvalue weighted by atomic mass is 16.5. The highest BCUT2D eigenvalue weighted by Crippen LogP contribution is 2.26. The van der Waals surface area contributed by atoms with Crippen molar-refractivity contribution < 1.29 is 14.6 Å². The van der Waals surface area contributed by atoms with Crippen LogP contribution < -0.4 is 4.74 Å². The van der Waals surface area contributed by atoms with Gasteiger partial charge in [0.1, 0.15) is 0 Å². The van der Waals surface area contributed by atoms with Crippen LogP contribution in [-0.4, -0.2) is 18.0 Å². The number of ether oxygens (including phenoxy) is 1. The molecule has 0 aliphatic carbocycles. The Hall–Kier alpha value is -2.29. The van der Waals surface area contributed by atoms with E-state index in [1.165, 1.54) is 45.6 Å². The van der Waals surface area contributed by atoms with Crippen molar-refractivity contribution in [2.75, 3.05) is 7.11 Å². The molecule has 0 aliphatic rings. The molecule has 0 unspecified atom stereocenters. The van der Waals surface area contributed by atoms with Crippen LogP contribution in [0.4, 0.5) is 0 Å². The molecule has 0 radical (unpaired) electrons. The standard InChI is InChI=1S/C27H40O3/c1-3-4-5-6-7-8-9-10-11-12-13-14-15-16-17-18-25(28)21-19-24-20-22-26(29)27(23-24)30-2/h7-8,10-11,17-18,20,22-23,29H,3-6,9,12-16,19,21H2,1-2H3/b8-7-,11-10-,18-17+. The summed E-state index contributed by atoms with van der Waals surface area (Å²) in [4.78, 5) is 12.0. The number of hydrogen-bond donors (Lipinski definition) is 1. The lowest BCUT2D eigenvalue weighted by Crippen LogP contribution is -1.96. The van der Waals surface area contributed by atoms with Gasteiger partial charge in [-0.1, -0.05) is 62.6 Å². The van der Waals surface area contributed by atoms with Crippen LogP contribution in [0.3, 0.4) is 0 Å². The summed E-state index contributed by atoms with van der Waals surface area (Å²) in [6.45, 7) is 2.24. The number of carbonyl (C=O) groups is 1. The molecule has 0 amide bonds. The summed E-state index contributed by atoms with van der Waals surface area (Å²) in [6, 6.07) is 5.22. The molecule has 3 nitrogen and oxygen atoms in total. The minimum atomic E-state index is 0.123. The van der Waals surface area contributed by atoms with Crippen LogP contribution in [0.25, 0.3) is 0 Å².